The Morgan fingerprint density at radius 3 is 2.19 bits per heavy atom. The number of nitrogens with one attached hydrogen (secondary N) is 1. The molecule has 4 rings (SSSR count). The normalized spacial score (nSPS) is 19.6. The Morgan fingerprint density at radius 2 is 1.53 bits per heavy atom. The summed E-state index contributed by atoms with van der Waals surface area (Å²) in [6, 6.07) is 24.3. The van der Waals surface area contributed by atoms with Crippen molar-refractivity contribution in [3.8, 4) is 0 Å². The van der Waals surface area contributed by atoms with Crippen LogP contribution in [0.4, 0.5) is 0 Å². The lowest BCUT2D eigenvalue weighted by Gasteiger charge is -2.45. The van der Waals surface area contributed by atoms with E-state index in [1.54, 1.807) is 30.3 Å². The summed E-state index contributed by atoms with van der Waals surface area (Å²) in [6.07, 6.45) is 4.59. The van der Waals surface area contributed by atoms with Crippen molar-refractivity contribution in [1.82, 2.24) is 10.2 Å². The second kappa shape index (κ2) is 11.7. The first kappa shape index (κ1) is 25.9. The summed E-state index contributed by atoms with van der Waals surface area (Å²) in [6.45, 7) is 0.0452. The Bertz CT molecular complexity index is 1190. The molecule has 0 bridgehead atoms. The maximum atomic E-state index is 13.2. The van der Waals surface area contributed by atoms with Gasteiger partial charge in [-0.25, -0.2) is 4.79 Å². The quantitative estimate of drug-likeness (QED) is 0.387. The van der Waals surface area contributed by atoms with Crippen LogP contribution in [0, 0.1) is 0 Å². The molecule has 1 fully saturated rings. The van der Waals surface area contributed by atoms with E-state index >= 15 is 0 Å². The summed E-state index contributed by atoms with van der Waals surface area (Å²) < 4.78 is 5.48. The average molecular weight is 505 g/mol. The van der Waals surface area contributed by atoms with Gasteiger partial charge in [0.05, 0.1) is 5.56 Å². The van der Waals surface area contributed by atoms with Crippen molar-refractivity contribution in [2.24, 2.45) is 0 Å². The van der Waals surface area contributed by atoms with E-state index in [1.807, 2.05) is 42.5 Å². The van der Waals surface area contributed by atoms with E-state index in [0.29, 0.717) is 16.7 Å². The molecule has 5 nitrogen and oxygen atoms in total. The Labute approximate surface area is 218 Å². The van der Waals surface area contributed by atoms with Crippen LogP contribution in [0.5, 0.6) is 0 Å². The maximum Gasteiger partial charge on any atom is 0.338 e. The van der Waals surface area contributed by atoms with Gasteiger partial charge in [0.15, 0.2) is 0 Å². The van der Waals surface area contributed by atoms with Crippen LogP contribution in [-0.2, 0) is 17.8 Å². The minimum Gasteiger partial charge on any atom is -0.457 e. The molecule has 1 N–H and O–H groups in total. The van der Waals surface area contributed by atoms with Crippen LogP contribution in [0.3, 0.4) is 0 Å². The predicted molar refractivity (Wildman–Crippen MR) is 143 cm³/mol. The fourth-order valence-corrected chi connectivity index (χ4v) is 5.21. The van der Waals surface area contributed by atoms with E-state index in [-0.39, 0.29) is 24.1 Å². The number of likely N-dealkylation sites (N-methyl/N-ethyl adjacent to an activating group) is 1. The summed E-state index contributed by atoms with van der Waals surface area (Å²) in [7, 11) is 4.26. The summed E-state index contributed by atoms with van der Waals surface area (Å²) in [5.41, 5.74) is 2.89. The molecule has 0 aliphatic heterocycles. The first-order valence-corrected chi connectivity index (χ1v) is 12.8. The molecular weight excluding hydrogens is 472 g/mol. The molecule has 36 heavy (non-hydrogen) atoms. The van der Waals surface area contributed by atoms with E-state index in [4.69, 9.17) is 16.3 Å². The molecule has 0 unspecified atom stereocenters. The maximum absolute atomic E-state index is 13.2. The summed E-state index contributed by atoms with van der Waals surface area (Å²) in [5.74, 6) is -0.536. The highest BCUT2D eigenvalue weighted by Gasteiger charge is 2.38. The molecule has 0 aromatic heterocycles. The minimum atomic E-state index is -0.406. The summed E-state index contributed by atoms with van der Waals surface area (Å²) >= 11 is 6.46. The second-order valence-electron chi connectivity index (χ2n) is 9.73. The number of nitrogens with zero attached hydrogens (tertiary/aromatic N) is 1. The molecule has 0 atom stereocenters. The number of hydrogen-bond donors (Lipinski definition) is 1. The van der Waals surface area contributed by atoms with Gasteiger partial charge in [0.1, 0.15) is 6.61 Å². The van der Waals surface area contributed by atoms with Crippen LogP contribution in [-0.4, -0.2) is 42.5 Å². The van der Waals surface area contributed by atoms with Gasteiger partial charge in [0, 0.05) is 27.7 Å². The highest BCUT2D eigenvalue weighted by molar-refractivity contribution is 6.31. The van der Waals surface area contributed by atoms with E-state index in [1.165, 1.54) is 0 Å². The van der Waals surface area contributed by atoms with Crippen molar-refractivity contribution >= 4 is 23.5 Å². The Morgan fingerprint density at radius 1 is 0.917 bits per heavy atom. The summed E-state index contributed by atoms with van der Waals surface area (Å²) in [4.78, 5) is 27.9. The number of amides is 1. The average Bonchev–Trinajstić information content (AvgIpc) is 2.90. The molecule has 6 heteroatoms. The van der Waals surface area contributed by atoms with Crippen LogP contribution < -0.4 is 5.32 Å². The SMILES string of the molecule is CN(C)C1(Cc2ccccc2Cl)CCC(NC(=O)c2ccccc2COC(=O)c2ccccc2)CC1. The van der Waals surface area contributed by atoms with Crippen molar-refractivity contribution in [2.45, 2.75) is 50.3 Å². The topological polar surface area (TPSA) is 58.6 Å². The standard InChI is InChI=1S/C30H33ClN2O3/c1-33(2)30(20-23-12-7-9-15-27(23)31)18-16-25(17-19-30)32-28(34)26-14-8-6-13-24(26)21-36-29(35)22-10-4-3-5-11-22/h3-15,25H,16-21H2,1-2H3,(H,32,34). The zero-order chi connectivity index (χ0) is 25.5. The molecule has 3 aromatic carbocycles. The first-order valence-electron chi connectivity index (χ1n) is 12.4. The monoisotopic (exact) mass is 504 g/mol. The third-order valence-electron chi connectivity index (χ3n) is 7.31. The Hall–Kier alpha value is -3.15. The van der Waals surface area contributed by atoms with Gasteiger partial charge in [-0.1, -0.05) is 66.2 Å². The molecular formula is C30H33ClN2O3. The van der Waals surface area contributed by atoms with Crippen LogP contribution in [0.1, 0.15) is 57.5 Å². The molecule has 1 aliphatic rings. The fourth-order valence-electron chi connectivity index (χ4n) is 5.01. The highest BCUT2D eigenvalue weighted by atomic mass is 35.5. The van der Waals surface area contributed by atoms with Crippen molar-refractivity contribution in [2.75, 3.05) is 14.1 Å². The van der Waals surface area contributed by atoms with Gasteiger partial charge < -0.3 is 15.0 Å². The lowest BCUT2D eigenvalue weighted by molar-refractivity contribution is 0.0469. The summed E-state index contributed by atoms with van der Waals surface area (Å²) in [5, 5.41) is 4.03. The molecule has 1 aliphatic carbocycles. The second-order valence-corrected chi connectivity index (χ2v) is 10.1. The zero-order valence-electron chi connectivity index (χ0n) is 20.9. The van der Waals surface area contributed by atoms with Gasteiger partial charge in [0.25, 0.3) is 5.91 Å². The lowest BCUT2D eigenvalue weighted by Crippen LogP contribution is -2.52. The minimum absolute atomic E-state index is 0.00969. The third kappa shape index (κ3) is 6.15. The van der Waals surface area contributed by atoms with E-state index < -0.39 is 5.97 Å². The number of halogens is 1. The molecule has 1 saturated carbocycles. The van der Waals surface area contributed by atoms with Gasteiger partial charge in [-0.15, -0.1) is 0 Å². The molecule has 0 spiro atoms. The molecule has 0 saturated heterocycles. The van der Waals surface area contributed by atoms with Crippen LogP contribution in [0.2, 0.25) is 5.02 Å². The van der Waals surface area contributed by atoms with Crippen molar-refractivity contribution < 1.29 is 14.3 Å². The van der Waals surface area contributed by atoms with Crippen LogP contribution in [0.25, 0.3) is 0 Å². The number of ether oxygens (including phenoxy) is 1. The smallest absolute Gasteiger partial charge is 0.338 e. The molecule has 1 amide bonds. The molecule has 0 radical (unpaired) electrons. The fraction of sp³-hybridized carbons (Fsp3) is 0.333. The van der Waals surface area contributed by atoms with Gasteiger partial charge in [-0.05, 0) is 76.0 Å². The Kier molecular flexibility index (Phi) is 8.44. The zero-order valence-corrected chi connectivity index (χ0v) is 21.6. The number of carbonyl (C=O) groups is 2. The van der Waals surface area contributed by atoms with E-state index in [2.05, 4.69) is 30.4 Å². The van der Waals surface area contributed by atoms with Crippen molar-refractivity contribution in [3.05, 3.63) is 106 Å². The largest absolute Gasteiger partial charge is 0.457 e. The van der Waals surface area contributed by atoms with Crippen molar-refractivity contribution in [1.29, 1.82) is 0 Å². The number of carbonyl (C=O) groups excluding carboxylic acids is 2. The molecule has 188 valence electrons. The number of benzene rings is 3. The van der Waals surface area contributed by atoms with Gasteiger partial charge in [0.2, 0.25) is 0 Å². The van der Waals surface area contributed by atoms with Crippen LogP contribution in [0.15, 0.2) is 78.9 Å². The molecule has 3 aromatic rings. The highest BCUT2D eigenvalue weighted by Crippen LogP contribution is 2.37. The van der Waals surface area contributed by atoms with Crippen LogP contribution >= 0.6 is 11.6 Å². The molecule has 0 heterocycles. The van der Waals surface area contributed by atoms with Gasteiger partial charge in [-0.3, -0.25) is 4.79 Å². The number of esters is 1. The third-order valence-corrected chi connectivity index (χ3v) is 7.68. The van der Waals surface area contributed by atoms with E-state index in [9.17, 15) is 9.59 Å². The Balaban J connectivity index is 1.37. The predicted octanol–water partition coefficient (Wildman–Crippen LogP) is 5.91. The number of hydrogen-bond acceptors (Lipinski definition) is 4. The van der Waals surface area contributed by atoms with Gasteiger partial charge in [-0.2, -0.15) is 0 Å². The number of rotatable bonds is 8. The van der Waals surface area contributed by atoms with Crippen molar-refractivity contribution in [3.63, 3.8) is 0 Å². The van der Waals surface area contributed by atoms with Gasteiger partial charge >= 0.3 is 5.97 Å². The first-order chi connectivity index (χ1) is 17.4. The van der Waals surface area contributed by atoms with E-state index in [0.717, 1.165) is 42.7 Å². The lowest BCUT2D eigenvalue weighted by atomic mass is 9.74.